The molecule has 1 saturated heterocycles. The van der Waals surface area contributed by atoms with Crippen LogP contribution in [0.2, 0.25) is 5.02 Å². The van der Waals surface area contributed by atoms with Crippen LogP contribution in [-0.2, 0) is 0 Å². The zero-order valence-corrected chi connectivity index (χ0v) is 12.0. The number of nitrogens with one attached hydrogen (secondary N) is 2. The summed E-state index contributed by atoms with van der Waals surface area (Å²) in [7, 11) is 1.53. The fourth-order valence-electron chi connectivity index (χ4n) is 2.28. The molecule has 1 amide bonds. The highest BCUT2D eigenvalue weighted by Gasteiger charge is 2.24. The van der Waals surface area contributed by atoms with E-state index in [0.717, 1.165) is 19.5 Å². The molecule has 104 valence electrons. The van der Waals surface area contributed by atoms with E-state index in [1.54, 1.807) is 18.2 Å². The number of carbonyl (C=O) groups is 1. The summed E-state index contributed by atoms with van der Waals surface area (Å²) >= 11 is 5.89. The SMILES string of the molecule is COc1cc(Cl)ccc1C(=O)NC1CNCCC1C. The highest BCUT2D eigenvalue weighted by molar-refractivity contribution is 6.30. The molecule has 1 heterocycles. The fourth-order valence-corrected chi connectivity index (χ4v) is 2.44. The van der Waals surface area contributed by atoms with Crippen LogP contribution in [0, 0.1) is 5.92 Å². The van der Waals surface area contributed by atoms with Crippen molar-refractivity contribution in [2.45, 2.75) is 19.4 Å². The van der Waals surface area contributed by atoms with E-state index in [-0.39, 0.29) is 11.9 Å². The predicted molar refractivity (Wildman–Crippen MR) is 75.9 cm³/mol. The van der Waals surface area contributed by atoms with Crippen molar-refractivity contribution in [1.29, 1.82) is 0 Å². The molecule has 2 rings (SSSR count). The summed E-state index contributed by atoms with van der Waals surface area (Å²) in [5, 5.41) is 6.90. The van der Waals surface area contributed by atoms with Gasteiger partial charge >= 0.3 is 0 Å². The maximum absolute atomic E-state index is 12.3. The first-order chi connectivity index (χ1) is 9.11. The lowest BCUT2D eigenvalue weighted by atomic mass is 9.94. The van der Waals surface area contributed by atoms with Gasteiger partial charge in [-0.15, -0.1) is 0 Å². The number of ether oxygens (including phenoxy) is 1. The number of amides is 1. The van der Waals surface area contributed by atoms with Crippen molar-refractivity contribution in [3.05, 3.63) is 28.8 Å². The summed E-state index contributed by atoms with van der Waals surface area (Å²) in [6.07, 6.45) is 1.07. The maximum Gasteiger partial charge on any atom is 0.255 e. The maximum atomic E-state index is 12.3. The van der Waals surface area contributed by atoms with Crippen LogP contribution in [0.1, 0.15) is 23.7 Å². The third-order valence-electron chi connectivity index (χ3n) is 3.55. The van der Waals surface area contributed by atoms with Crippen LogP contribution in [0.5, 0.6) is 5.75 Å². The molecule has 1 aliphatic rings. The molecule has 2 unspecified atom stereocenters. The van der Waals surface area contributed by atoms with Gasteiger partial charge in [0.05, 0.1) is 12.7 Å². The van der Waals surface area contributed by atoms with Gasteiger partial charge in [0, 0.05) is 17.6 Å². The third kappa shape index (κ3) is 3.39. The Kier molecular flexibility index (Phi) is 4.66. The van der Waals surface area contributed by atoms with Crippen molar-refractivity contribution in [1.82, 2.24) is 10.6 Å². The Balaban J connectivity index is 2.11. The van der Waals surface area contributed by atoms with E-state index in [1.165, 1.54) is 7.11 Å². The van der Waals surface area contributed by atoms with Crippen LogP contribution in [0.3, 0.4) is 0 Å². The van der Waals surface area contributed by atoms with E-state index >= 15 is 0 Å². The lowest BCUT2D eigenvalue weighted by molar-refractivity contribution is 0.0912. The molecule has 4 nitrogen and oxygen atoms in total. The standard InChI is InChI=1S/C14H19ClN2O2/c1-9-5-6-16-8-12(9)17-14(18)11-4-3-10(15)7-13(11)19-2/h3-4,7,9,12,16H,5-6,8H2,1-2H3,(H,17,18). The molecule has 0 radical (unpaired) electrons. The molecule has 19 heavy (non-hydrogen) atoms. The Morgan fingerprint density at radius 3 is 3.00 bits per heavy atom. The van der Waals surface area contributed by atoms with Gasteiger partial charge in [0.2, 0.25) is 0 Å². The van der Waals surface area contributed by atoms with Crippen LogP contribution in [-0.4, -0.2) is 32.1 Å². The number of halogens is 1. The van der Waals surface area contributed by atoms with Gasteiger partial charge in [-0.2, -0.15) is 0 Å². The van der Waals surface area contributed by atoms with Gasteiger partial charge in [0.25, 0.3) is 5.91 Å². The summed E-state index contributed by atoms with van der Waals surface area (Å²) in [6, 6.07) is 5.19. The molecule has 0 spiro atoms. The second kappa shape index (κ2) is 6.26. The minimum Gasteiger partial charge on any atom is -0.496 e. The monoisotopic (exact) mass is 282 g/mol. The Hall–Kier alpha value is -1.26. The van der Waals surface area contributed by atoms with Crippen molar-refractivity contribution in [3.8, 4) is 5.75 Å². The molecule has 1 aromatic rings. The first-order valence-electron chi connectivity index (χ1n) is 6.47. The van der Waals surface area contributed by atoms with E-state index in [0.29, 0.717) is 22.3 Å². The summed E-state index contributed by atoms with van der Waals surface area (Å²) in [6.45, 7) is 3.98. The minimum absolute atomic E-state index is 0.117. The first-order valence-corrected chi connectivity index (χ1v) is 6.84. The molecule has 5 heteroatoms. The second-order valence-corrected chi connectivity index (χ2v) is 5.33. The topological polar surface area (TPSA) is 50.4 Å². The van der Waals surface area contributed by atoms with Crippen LogP contribution >= 0.6 is 11.6 Å². The summed E-state index contributed by atoms with van der Waals surface area (Å²) in [5.74, 6) is 0.860. The number of rotatable bonds is 3. The van der Waals surface area contributed by atoms with E-state index in [1.807, 2.05) is 0 Å². The van der Waals surface area contributed by atoms with Crippen LogP contribution in [0.25, 0.3) is 0 Å². The van der Waals surface area contributed by atoms with Crippen molar-refractivity contribution in [3.63, 3.8) is 0 Å². The van der Waals surface area contributed by atoms with E-state index in [9.17, 15) is 4.79 Å². The van der Waals surface area contributed by atoms with Gasteiger partial charge in [-0.3, -0.25) is 4.79 Å². The van der Waals surface area contributed by atoms with Gasteiger partial charge in [-0.1, -0.05) is 18.5 Å². The third-order valence-corrected chi connectivity index (χ3v) is 3.79. The van der Waals surface area contributed by atoms with Crippen molar-refractivity contribution < 1.29 is 9.53 Å². The molecular formula is C14H19ClN2O2. The Labute approximate surface area is 118 Å². The molecule has 1 fully saturated rings. The molecule has 2 atom stereocenters. The minimum atomic E-state index is -0.117. The summed E-state index contributed by atoms with van der Waals surface area (Å²) in [4.78, 5) is 12.3. The molecule has 0 aliphatic carbocycles. The molecule has 1 aromatic carbocycles. The van der Waals surface area contributed by atoms with Gasteiger partial charge < -0.3 is 15.4 Å². The zero-order valence-electron chi connectivity index (χ0n) is 11.2. The number of benzene rings is 1. The lowest BCUT2D eigenvalue weighted by Gasteiger charge is -2.30. The van der Waals surface area contributed by atoms with Crippen LogP contribution < -0.4 is 15.4 Å². The van der Waals surface area contributed by atoms with Gasteiger partial charge in [0.1, 0.15) is 5.75 Å². The van der Waals surface area contributed by atoms with Crippen LogP contribution in [0.15, 0.2) is 18.2 Å². The Bertz CT molecular complexity index is 465. The van der Waals surface area contributed by atoms with E-state index in [4.69, 9.17) is 16.3 Å². The highest BCUT2D eigenvalue weighted by atomic mass is 35.5. The summed E-state index contributed by atoms with van der Waals surface area (Å²) < 4.78 is 5.20. The van der Waals surface area contributed by atoms with Gasteiger partial charge in [0.15, 0.2) is 0 Å². The number of methoxy groups -OCH3 is 1. The van der Waals surface area contributed by atoms with Crippen molar-refractivity contribution in [2.24, 2.45) is 5.92 Å². The molecular weight excluding hydrogens is 264 g/mol. The molecule has 0 saturated carbocycles. The fraction of sp³-hybridized carbons (Fsp3) is 0.500. The van der Waals surface area contributed by atoms with Crippen molar-refractivity contribution >= 4 is 17.5 Å². The zero-order chi connectivity index (χ0) is 13.8. The highest BCUT2D eigenvalue weighted by Crippen LogP contribution is 2.23. The second-order valence-electron chi connectivity index (χ2n) is 4.89. The van der Waals surface area contributed by atoms with E-state index < -0.39 is 0 Å². The Morgan fingerprint density at radius 2 is 2.32 bits per heavy atom. The normalized spacial score (nSPS) is 22.9. The average molecular weight is 283 g/mol. The number of hydrogen-bond acceptors (Lipinski definition) is 3. The predicted octanol–water partition coefficient (Wildman–Crippen LogP) is 2.08. The van der Waals surface area contributed by atoms with Gasteiger partial charge in [-0.05, 0) is 37.1 Å². The average Bonchev–Trinajstić information content (AvgIpc) is 2.41. The molecule has 0 aromatic heterocycles. The van der Waals surface area contributed by atoms with Crippen molar-refractivity contribution in [2.75, 3.05) is 20.2 Å². The van der Waals surface area contributed by atoms with Crippen LogP contribution in [0.4, 0.5) is 0 Å². The van der Waals surface area contributed by atoms with Gasteiger partial charge in [-0.25, -0.2) is 0 Å². The Morgan fingerprint density at radius 1 is 1.53 bits per heavy atom. The first kappa shape index (κ1) is 14.2. The molecule has 1 aliphatic heterocycles. The summed E-state index contributed by atoms with van der Waals surface area (Å²) in [5.41, 5.74) is 0.518. The number of hydrogen-bond donors (Lipinski definition) is 2. The lowest BCUT2D eigenvalue weighted by Crippen LogP contribution is -2.50. The largest absolute Gasteiger partial charge is 0.496 e. The quantitative estimate of drug-likeness (QED) is 0.892. The smallest absolute Gasteiger partial charge is 0.255 e. The number of piperidine rings is 1. The number of carbonyl (C=O) groups excluding carboxylic acids is 1. The van der Waals surface area contributed by atoms with E-state index in [2.05, 4.69) is 17.6 Å². The molecule has 0 bridgehead atoms. The molecule has 2 N–H and O–H groups in total.